The number of nitrogens with zero attached hydrogens (tertiary/aromatic N) is 3. The standard InChI is InChI=1S/C25H20ClN3OS/c1-25(2,30)18-7-5-17(6-8-18)22-24(31-20-11-9-19(26)10-12-20)29-15-13-16-4-3-14-27-21(16)23(29)28-22/h3-15,30H,1-2H3. The van der Waals surface area contributed by atoms with Crippen LogP contribution in [-0.2, 0) is 5.60 Å². The molecule has 6 heteroatoms. The van der Waals surface area contributed by atoms with Crippen molar-refractivity contribution in [2.45, 2.75) is 29.4 Å². The monoisotopic (exact) mass is 445 g/mol. The Morgan fingerprint density at radius 1 is 0.968 bits per heavy atom. The number of benzene rings is 2. The molecule has 0 atom stereocenters. The van der Waals surface area contributed by atoms with Gasteiger partial charge in [0, 0.05) is 33.3 Å². The van der Waals surface area contributed by atoms with Crippen LogP contribution in [0.4, 0.5) is 0 Å². The van der Waals surface area contributed by atoms with Gasteiger partial charge in [0.25, 0.3) is 0 Å². The van der Waals surface area contributed by atoms with Crippen molar-refractivity contribution in [2.75, 3.05) is 0 Å². The molecule has 0 fully saturated rings. The SMILES string of the molecule is CC(C)(O)c1ccc(-c2nc3c4ncccc4ccn3c2Sc2ccc(Cl)cc2)cc1. The lowest BCUT2D eigenvalue weighted by Crippen LogP contribution is -2.14. The molecular formula is C25H20ClN3OS. The number of imidazole rings is 1. The van der Waals surface area contributed by atoms with Gasteiger partial charge in [-0.1, -0.05) is 53.7 Å². The fourth-order valence-corrected chi connectivity index (χ4v) is 4.68. The quantitative estimate of drug-likeness (QED) is 0.339. The van der Waals surface area contributed by atoms with Crippen molar-refractivity contribution in [3.05, 3.63) is 89.7 Å². The lowest BCUT2D eigenvalue weighted by Gasteiger charge is -2.17. The molecule has 5 rings (SSSR count). The molecular weight excluding hydrogens is 426 g/mol. The summed E-state index contributed by atoms with van der Waals surface area (Å²) in [5.41, 5.74) is 3.51. The Kier molecular flexibility index (Phi) is 4.97. The van der Waals surface area contributed by atoms with Crippen molar-refractivity contribution < 1.29 is 5.11 Å². The van der Waals surface area contributed by atoms with E-state index in [1.54, 1.807) is 31.8 Å². The molecule has 0 unspecified atom stereocenters. The minimum Gasteiger partial charge on any atom is -0.386 e. The third kappa shape index (κ3) is 3.81. The van der Waals surface area contributed by atoms with Crippen molar-refractivity contribution in [3.63, 3.8) is 0 Å². The minimum atomic E-state index is -0.890. The van der Waals surface area contributed by atoms with Gasteiger partial charge in [-0.15, -0.1) is 0 Å². The van der Waals surface area contributed by atoms with E-state index in [0.29, 0.717) is 5.02 Å². The van der Waals surface area contributed by atoms with Crippen LogP contribution in [0.1, 0.15) is 19.4 Å². The minimum absolute atomic E-state index is 0.708. The highest BCUT2D eigenvalue weighted by molar-refractivity contribution is 7.99. The summed E-state index contributed by atoms with van der Waals surface area (Å²) in [7, 11) is 0. The molecule has 0 bridgehead atoms. The molecule has 2 aromatic carbocycles. The van der Waals surface area contributed by atoms with Crippen LogP contribution in [0.3, 0.4) is 0 Å². The summed E-state index contributed by atoms with van der Waals surface area (Å²) in [6, 6.07) is 21.8. The summed E-state index contributed by atoms with van der Waals surface area (Å²) in [5, 5.41) is 13.1. The van der Waals surface area contributed by atoms with Crippen molar-refractivity contribution >= 4 is 39.9 Å². The molecule has 1 N–H and O–H groups in total. The summed E-state index contributed by atoms with van der Waals surface area (Å²) in [5.74, 6) is 0. The Hall–Kier alpha value is -2.86. The molecule has 0 amide bonds. The van der Waals surface area contributed by atoms with Gasteiger partial charge in [0.1, 0.15) is 16.2 Å². The van der Waals surface area contributed by atoms with E-state index in [2.05, 4.69) is 15.5 Å². The van der Waals surface area contributed by atoms with Crippen molar-refractivity contribution in [1.82, 2.24) is 14.4 Å². The summed E-state index contributed by atoms with van der Waals surface area (Å²) < 4.78 is 2.09. The number of halogens is 1. The second-order valence-electron chi connectivity index (χ2n) is 7.91. The van der Waals surface area contributed by atoms with E-state index < -0.39 is 5.60 Å². The fourth-order valence-electron chi connectivity index (χ4n) is 3.55. The zero-order valence-corrected chi connectivity index (χ0v) is 18.7. The maximum absolute atomic E-state index is 10.3. The summed E-state index contributed by atoms with van der Waals surface area (Å²) in [6.45, 7) is 3.57. The van der Waals surface area contributed by atoms with Crippen LogP contribution >= 0.6 is 23.4 Å². The van der Waals surface area contributed by atoms with Crippen LogP contribution in [0.5, 0.6) is 0 Å². The van der Waals surface area contributed by atoms with Gasteiger partial charge in [0.05, 0.1) is 5.60 Å². The van der Waals surface area contributed by atoms with Gasteiger partial charge in [-0.25, -0.2) is 4.98 Å². The topological polar surface area (TPSA) is 50.4 Å². The lowest BCUT2D eigenvalue weighted by molar-refractivity contribution is 0.0786. The van der Waals surface area contributed by atoms with E-state index in [4.69, 9.17) is 16.6 Å². The van der Waals surface area contributed by atoms with Gasteiger partial charge < -0.3 is 5.11 Å². The van der Waals surface area contributed by atoms with E-state index in [-0.39, 0.29) is 0 Å². The third-order valence-corrected chi connectivity index (χ3v) is 6.56. The van der Waals surface area contributed by atoms with Crippen LogP contribution < -0.4 is 0 Å². The first-order valence-electron chi connectivity index (χ1n) is 9.93. The predicted molar refractivity (Wildman–Crippen MR) is 127 cm³/mol. The number of aromatic nitrogens is 3. The molecule has 0 aliphatic carbocycles. The summed E-state index contributed by atoms with van der Waals surface area (Å²) >= 11 is 7.71. The molecule has 0 aliphatic rings. The maximum Gasteiger partial charge on any atom is 0.164 e. The number of aliphatic hydroxyl groups is 1. The highest BCUT2D eigenvalue weighted by Crippen LogP contribution is 2.38. The fraction of sp³-hybridized carbons (Fsp3) is 0.120. The van der Waals surface area contributed by atoms with Gasteiger partial charge in [0.15, 0.2) is 5.65 Å². The number of hydrogen-bond acceptors (Lipinski definition) is 4. The number of hydrogen-bond donors (Lipinski definition) is 1. The second kappa shape index (κ2) is 7.68. The molecule has 4 nitrogen and oxygen atoms in total. The first kappa shape index (κ1) is 20.1. The Balaban J connectivity index is 1.71. The van der Waals surface area contributed by atoms with Crippen LogP contribution in [0, 0.1) is 0 Å². The predicted octanol–water partition coefficient (Wildman–Crippen LogP) is 6.58. The molecule has 3 aromatic heterocycles. The van der Waals surface area contributed by atoms with E-state index in [1.807, 2.05) is 66.9 Å². The molecule has 154 valence electrons. The van der Waals surface area contributed by atoms with Gasteiger partial charge >= 0.3 is 0 Å². The molecule has 31 heavy (non-hydrogen) atoms. The van der Waals surface area contributed by atoms with Gasteiger partial charge in [-0.3, -0.25) is 9.38 Å². The zero-order valence-electron chi connectivity index (χ0n) is 17.1. The van der Waals surface area contributed by atoms with Gasteiger partial charge in [0.2, 0.25) is 0 Å². The highest BCUT2D eigenvalue weighted by atomic mass is 35.5. The molecule has 0 spiro atoms. The first-order chi connectivity index (χ1) is 14.9. The van der Waals surface area contributed by atoms with E-state index >= 15 is 0 Å². The van der Waals surface area contributed by atoms with E-state index in [1.165, 1.54) is 0 Å². The molecule has 0 saturated carbocycles. The largest absolute Gasteiger partial charge is 0.386 e. The van der Waals surface area contributed by atoms with Crippen LogP contribution in [0.15, 0.2) is 89.0 Å². The first-order valence-corrected chi connectivity index (χ1v) is 11.1. The maximum atomic E-state index is 10.3. The Morgan fingerprint density at radius 2 is 1.71 bits per heavy atom. The second-order valence-corrected chi connectivity index (χ2v) is 9.41. The molecule has 0 aliphatic heterocycles. The van der Waals surface area contributed by atoms with Crippen molar-refractivity contribution in [2.24, 2.45) is 0 Å². The number of rotatable bonds is 4. The number of pyridine rings is 2. The smallest absolute Gasteiger partial charge is 0.164 e. The molecule has 3 heterocycles. The van der Waals surface area contributed by atoms with Gasteiger partial charge in [-0.05, 0) is 55.8 Å². The van der Waals surface area contributed by atoms with Crippen molar-refractivity contribution in [3.8, 4) is 11.3 Å². The molecule has 0 saturated heterocycles. The average Bonchev–Trinajstić information content (AvgIpc) is 3.13. The van der Waals surface area contributed by atoms with Crippen LogP contribution in [0.25, 0.3) is 27.8 Å². The molecule has 5 aromatic rings. The molecule has 0 radical (unpaired) electrons. The van der Waals surface area contributed by atoms with Gasteiger partial charge in [-0.2, -0.15) is 0 Å². The highest BCUT2D eigenvalue weighted by Gasteiger charge is 2.20. The van der Waals surface area contributed by atoms with E-state index in [0.717, 1.165) is 43.3 Å². The van der Waals surface area contributed by atoms with E-state index in [9.17, 15) is 5.11 Å². The van der Waals surface area contributed by atoms with Crippen LogP contribution in [0.2, 0.25) is 5.02 Å². The average molecular weight is 446 g/mol. The Bertz CT molecular complexity index is 1390. The van der Waals surface area contributed by atoms with Crippen LogP contribution in [-0.4, -0.2) is 19.5 Å². The Morgan fingerprint density at radius 3 is 2.42 bits per heavy atom. The lowest BCUT2D eigenvalue weighted by atomic mass is 9.97. The third-order valence-electron chi connectivity index (χ3n) is 5.21. The Labute approximate surface area is 189 Å². The zero-order chi connectivity index (χ0) is 21.6. The summed E-state index contributed by atoms with van der Waals surface area (Å²) in [6.07, 6.45) is 3.83. The van der Waals surface area contributed by atoms with Crippen molar-refractivity contribution in [1.29, 1.82) is 0 Å². The number of fused-ring (bicyclic) bond motifs is 3. The summed E-state index contributed by atoms with van der Waals surface area (Å²) in [4.78, 5) is 10.7. The normalized spacial score (nSPS) is 12.0.